The van der Waals surface area contributed by atoms with E-state index in [4.69, 9.17) is 4.74 Å². The molecule has 5 heteroatoms. The van der Waals surface area contributed by atoms with E-state index in [0.717, 1.165) is 31.2 Å². The number of carbonyl (C=O) groups excluding carboxylic acids is 1. The van der Waals surface area contributed by atoms with Crippen molar-refractivity contribution in [3.63, 3.8) is 0 Å². The third kappa shape index (κ3) is 5.47. The van der Waals surface area contributed by atoms with Gasteiger partial charge in [0.2, 0.25) is 0 Å². The summed E-state index contributed by atoms with van der Waals surface area (Å²) in [6, 6.07) is 9.54. The van der Waals surface area contributed by atoms with E-state index in [1.807, 2.05) is 30.3 Å². The number of hydrogen-bond donors (Lipinski definition) is 1. The minimum Gasteiger partial charge on any atom is -0.479 e. The molecular weight excluding hydrogens is 342 g/mol. The van der Waals surface area contributed by atoms with Crippen LogP contribution >= 0.6 is 0 Å². The minimum atomic E-state index is -1.25. The Kier molecular flexibility index (Phi) is 6.90. The summed E-state index contributed by atoms with van der Waals surface area (Å²) in [7, 11) is 0. The summed E-state index contributed by atoms with van der Waals surface area (Å²) in [5.74, 6) is -0.765. The van der Waals surface area contributed by atoms with Gasteiger partial charge in [-0.1, -0.05) is 56.5 Å². The number of benzene rings is 1. The van der Waals surface area contributed by atoms with Crippen LogP contribution in [0.5, 0.6) is 0 Å². The fourth-order valence-corrected chi connectivity index (χ4v) is 3.91. The molecule has 0 aliphatic carbocycles. The van der Waals surface area contributed by atoms with Crippen LogP contribution < -0.4 is 0 Å². The van der Waals surface area contributed by atoms with E-state index in [2.05, 4.69) is 6.92 Å². The first-order valence-corrected chi connectivity index (χ1v) is 9.96. The number of likely N-dealkylation sites (tertiary alicyclic amines) is 1. The molecule has 2 atom stereocenters. The molecule has 1 aliphatic heterocycles. The molecule has 1 aromatic carbocycles. The number of ether oxygens (including phenoxy) is 1. The predicted octanol–water partition coefficient (Wildman–Crippen LogP) is 4.89. The Labute approximate surface area is 162 Å². The Morgan fingerprint density at radius 1 is 1.22 bits per heavy atom. The van der Waals surface area contributed by atoms with Crippen molar-refractivity contribution in [3.8, 4) is 0 Å². The van der Waals surface area contributed by atoms with Gasteiger partial charge in [0.05, 0.1) is 0 Å². The van der Waals surface area contributed by atoms with Crippen molar-refractivity contribution < 1.29 is 19.4 Å². The first-order chi connectivity index (χ1) is 12.7. The molecule has 1 heterocycles. The molecule has 1 aromatic rings. The average Bonchev–Trinajstić information content (AvgIpc) is 2.94. The lowest BCUT2D eigenvalue weighted by Gasteiger charge is -2.36. The van der Waals surface area contributed by atoms with Crippen molar-refractivity contribution in [2.24, 2.45) is 5.92 Å². The van der Waals surface area contributed by atoms with Crippen molar-refractivity contribution in [2.45, 2.75) is 77.4 Å². The molecule has 1 N–H and O–H groups in total. The number of amides is 1. The lowest BCUT2D eigenvalue weighted by atomic mass is 9.84. The molecule has 0 unspecified atom stereocenters. The highest BCUT2D eigenvalue weighted by Gasteiger charge is 2.54. The highest BCUT2D eigenvalue weighted by Crippen LogP contribution is 2.39. The number of carboxylic acid groups (broad SMARTS) is 1. The van der Waals surface area contributed by atoms with Crippen molar-refractivity contribution in [2.75, 3.05) is 6.54 Å². The number of unbranched alkanes of at least 4 members (excludes halogenated alkanes) is 2. The smallest absolute Gasteiger partial charge is 0.411 e. The van der Waals surface area contributed by atoms with Gasteiger partial charge in [-0.15, -0.1) is 0 Å². The van der Waals surface area contributed by atoms with Crippen molar-refractivity contribution >= 4 is 12.1 Å². The van der Waals surface area contributed by atoms with Gasteiger partial charge < -0.3 is 9.84 Å². The molecule has 0 spiro atoms. The van der Waals surface area contributed by atoms with Gasteiger partial charge in [0.15, 0.2) is 0 Å². The largest absolute Gasteiger partial charge is 0.479 e. The number of carboxylic acids is 1. The van der Waals surface area contributed by atoms with Gasteiger partial charge in [-0.2, -0.15) is 0 Å². The maximum absolute atomic E-state index is 12.9. The van der Waals surface area contributed by atoms with Crippen LogP contribution in [0.25, 0.3) is 0 Å². The van der Waals surface area contributed by atoms with E-state index in [1.54, 1.807) is 20.8 Å². The first-order valence-electron chi connectivity index (χ1n) is 9.96. The van der Waals surface area contributed by atoms with Crippen molar-refractivity contribution in [3.05, 3.63) is 35.9 Å². The molecule has 2 rings (SSSR count). The first kappa shape index (κ1) is 21.3. The van der Waals surface area contributed by atoms with Gasteiger partial charge in [0, 0.05) is 13.0 Å². The fourth-order valence-electron chi connectivity index (χ4n) is 3.91. The Hall–Kier alpha value is -2.04. The molecule has 0 bridgehead atoms. The molecule has 0 saturated carbocycles. The maximum atomic E-state index is 12.9. The lowest BCUT2D eigenvalue weighted by molar-refractivity contribution is -0.149. The number of nitrogens with zero attached hydrogens (tertiary/aromatic N) is 1. The van der Waals surface area contributed by atoms with Gasteiger partial charge in [-0.25, -0.2) is 9.59 Å². The molecule has 0 radical (unpaired) electrons. The SMILES string of the molecule is CCCCC[C@H]1CN(C(=O)OC(C)(C)C)[C@@](Cc2ccccc2)(C(=O)O)C1. The summed E-state index contributed by atoms with van der Waals surface area (Å²) < 4.78 is 5.56. The van der Waals surface area contributed by atoms with Crippen LogP contribution in [0.4, 0.5) is 4.79 Å². The Morgan fingerprint density at radius 3 is 2.44 bits per heavy atom. The van der Waals surface area contributed by atoms with Gasteiger partial charge in [-0.3, -0.25) is 4.90 Å². The van der Waals surface area contributed by atoms with Crippen LogP contribution in [0.15, 0.2) is 30.3 Å². The Balaban J connectivity index is 2.31. The van der Waals surface area contributed by atoms with E-state index < -0.39 is 23.2 Å². The number of hydrogen-bond acceptors (Lipinski definition) is 3. The monoisotopic (exact) mass is 375 g/mol. The zero-order valence-corrected chi connectivity index (χ0v) is 17.0. The molecule has 27 heavy (non-hydrogen) atoms. The lowest BCUT2D eigenvalue weighted by Crippen LogP contribution is -2.55. The zero-order chi connectivity index (χ0) is 20.1. The molecule has 150 valence electrons. The highest BCUT2D eigenvalue weighted by molar-refractivity contribution is 5.85. The Bertz CT molecular complexity index is 637. The van der Waals surface area contributed by atoms with E-state index in [0.29, 0.717) is 19.4 Å². The van der Waals surface area contributed by atoms with Crippen LogP contribution in [0.1, 0.15) is 65.4 Å². The van der Waals surface area contributed by atoms with Crippen LogP contribution in [-0.2, 0) is 16.0 Å². The van der Waals surface area contributed by atoms with Gasteiger partial charge in [0.25, 0.3) is 0 Å². The summed E-state index contributed by atoms with van der Waals surface area (Å²) in [4.78, 5) is 26.8. The van der Waals surface area contributed by atoms with Crippen LogP contribution in [0, 0.1) is 5.92 Å². The van der Waals surface area contributed by atoms with Crippen molar-refractivity contribution in [1.29, 1.82) is 0 Å². The minimum absolute atomic E-state index is 0.184. The standard InChI is InChI=1S/C22H33NO4/c1-5-6-8-13-18-15-22(19(24)25,14-17-11-9-7-10-12-17)23(16-18)20(26)27-21(2,3)4/h7,9-12,18H,5-6,8,13-16H2,1-4H3,(H,24,25)/t18-,22-/m1/s1. The molecular formula is C22H33NO4. The van der Waals surface area contributed by atoms with Gasteiger partial charge in [0.1, 0.15) is 11.1 Å². The summed E-state index contributed by atoms with van der Waals surface area (Å²) in [5.41, 5.74) is -0.989. The highest BCUT2D eigenvalue weighted by atomic mass is 16.6. The second-order valence-corrected chi connectivity index (χ2v) is 8.66. The normalized spacial score (nSPS) is 22.7. The van der Waals surface area contributed by atoms with Gasteiger partial charge in [-0.05, 0) is 45.1 Å². The number of carbonyl (C=O) groups is 2. The fraction of sp³-hybridized carbons (Fsp3) is 0.636. The molecule has 0 aromatic heterocycles. The maximum Gasteiger partial charge on any atom is 0.411 e. The second kappa shape index (κ2) is 8.77. The second-order valence-electron chi connectivity index (χ2n) is 8.66. The van der Waals surface area contributed by atoms with Crippen molar-refractivity contribution in [1.82, 2.24) is 4.90 Å². The van der Waals surface area contributed by atoms with E-state index in [9.17, 15) is 14.7 Å². The summed E-state index contributed by atoms with van der Waals surface area (Å²) in [6.07, 6.45) is 4.49. The van der Waals surface area contributed by atoms with Gasteiger partial charge >= 0.3 is 12.1 Å². The molecule has 1 fully saturated rings. The number of rotatable bonds is 7. The van der Waals surface area contributed by atoms with E-state index in [-0.39, 0.29) is 5.92 Å². The van der Waals surface area contributed by atoms with E-state index in [1.165, 1.54) is 4.90 Å². The van der Waals surface area contributed by atoms with E-state index >= 15 is 0 Å². The predicted molar refractivity (Wildman–Crippen MR) is 106 cm³/mol. The summed E-state index contributed by atoms with van der Waals surface area (Å²) in [5, 5.41) is 10.2. The Morgan fingerprint density at radius 2 is 1.89 bits per heavy atom. The molecule has 1 saturated heterocycles. The summed E-state index contributed by atoms with van der Waals surface area (Å²) in [6.45, 7) is 8.01. The molecule has 1 amide bonds. The van der Waals surface area contributed by atoms with Crippen LogP contribution in [0.3, 0.4) is 0 Å². The molecule has 1 aliphatic rings. The quantitative estimate of drug-likeness (QED) is 0.689. The van der Waals surface area contributed by atoms with Crippen LogP contribution in [-0.4, -0.2) is 39.8 Å². The third-order valence-corrected chi connectivity index (χ3v) is 5.15. The van der Waals surface area contributed by atoms with Crippen LogP contribution in [0.2, 0.25) is 0 Å². The number of aliphatic carboxylic acids is 1. The average molecular weight is 376 g/mol. The molecule has 5 nitrogen and oxygen atoms in total. The third-order valence-electron chi connectivity index (χ3n) is 5.15. The zero-order valence-electron chi connectivity index (χ0n) is 17.0. The topological polar surface area (TPSA) is 66.8 Å². The summed E-state index contributed by atoms with van der Waals surface area (Å²) >= 11 is 0.